The Morgan fingerprint density at radius 1 is 0.932 bits per heavy atom. The standard InChI is InChI=1S/C36H50O8/c1-21-9-8-12-26-20-41-33-31(38)24(4)17-29(36(26,33)40)34(39)42-28-18-27(14-13-22(2)30(21)37)43-35(19-28)16-15-23(3)32(44-35)25-10-6-5-7-11-25/h8-9,12-13,15-17,21,23,25,27-33,37-38,40H,5-7,10-11,14,18-20H2,1-4H3/b9-8+,22-13+,26-12+/t21-,23-,27+,28-,29-,30-,31+,32-,33+,35+,36+/m0/s1. The van der Waals surface area contributed by atoms with Crippen molar-refractivity contribution in [3.8, 4) is 0 Å². The van der Waals surface area contributed by atoms with Crippen molar-refractivity contribution in [1.29, 1.82) is 0 Å². The number of ether oxygens (including phenoxy) is 4. The number of hydrogen-bond acceptors (Lipinski definition) is 8. The van der Waals surface area contributed by atoms with Gasteiger partial charge in [0.2, 0.25) is 0 Å². The second-order valence-corrected chi connectivity index (χ2v) is 14.2. The number of aliphatic hydroxyl groups is 3. The number of allylic oxidation sites excluding steroid dienone is 2. The van der Waals surface area contributed by atoms with Crippen LogP contribution in [0.5, 0.6) is 0 Å². The van der Waals surface area contributed by atoms with Crippen molar-refractivity contribution in [1.82, 2.24) is 0 Å². The van der Waals surface area contributed by atoms with Gasteiger partial charge in [0.1, 0.15) is 29.8 Å². The number of fused-ring (bicyclic) bond motifs is 2. The molecule has 2 aliphatic carbocycles. The van der Waals surface area contributed by atoms with Crippen molar-refractivity contribution in [2.45, 2.75) is 127 Å². The van der Waals surface area contributed by atoms with Gasteiger partial charge >= 0.3 is 5.97 Å². The summed E-state index contributed by atoms with van der Waals surface area (Å²) in [7, 11) is 0. The van der Waals surface area contributed by atoms with Gasteiger partial charge in [-0.05, 0) is 61.8 Å². The lowest BCUT2D eigenvalue weighted by atomic mass is 9.71. The summed E-state index contributed by atoms with van der Waals surface area (Å²) in [6, 6.07) is 0. The van der Waals surface area contributed by atoms with Gasteiger partial charge < -0.3 is 34.3 Å². The minimum Gasteiger partial charge on any atom is -0.462 e. The molecule has 3 N–H and O–H groups in total. The zero-order valence-corrected chi connectivity index (χ0v) is 26.6. The van der Waals surface area contributed by atoms with Crippen molar-refractivity contribution in [2.75, 3.05) is 6.61 Å². The van der Waals surface area contributed by atoms with Gasteiger partial charge in [-0.1, -0.05) is 69.6 Å². The van der Waals surface area contributed by atoms with Gasteiger partial charge in [0.15, 0.2) is 5.79 Å². The van der Waals surface area contributed by atoms with Gasteiger partial charge in [-0.3, -0.25) is 4.79 Å². The number of rotatable bonds is 1. The fraction of sp³-hybridized carbons (Fsp3) is 0.694. The normalized spacial score (nSPS) is 48.4. The Morgan fingerprint density at radius 2 is 1.70 bits per heavy atom. The van der Waals surface area contributed by atoms with Crippen molar-refractivity contribution in [2.24, 2.45) is 23.7 Å². The molecule has 2 saturated heterocycles. The first-order valence-electron chi connectivity index (χ1n) is 16.7. The third-order valence-electron chi connectivity index (χ3n) is 11.0. The first-order chi connectivity index (χ1) is 21.0. The average Bonchev–Trinajstić information content (AvgIpc) is 3.35. The highest BCUT2D eigenvalue weighted by atomic mass is 16.7. The van der Waals surface area contributed by atoms with E-state index in [4.69, 9.17) is 18.9 Å². The predicted molar refractivity (Wildman–Crippen MR) is 165 cm³/mol. The van der Waals surface area contributed by atoms with E-state index >= 15 is 0 Å². The minimum absolute atomic E-state index is 0.0233. The second-order valence-electron chi connectivity index (χ2n) is 14.2. The van der Waals surface area contributed by atoms with Crippen LogP contribution in [0.4, 0.5) is 0 Å². The molecule has 6 aliphatic rings. The number of carbonyl (C=O) groups is 1. The molecule has 0 unspecified atom stereocenters. The van der Waals surface area contributed by atoms with E-state index in [0.717, 1.165) is 18.4 Å². The molecule has 2 bridgehead atoms. The van der Waals surface area contributed by atoms with Crippen molar-refractivity contribution in [3.63, 3.8) is 0 Å². The molecule has 3 fully saturated rings. The van der Waals surface area contributed by atoms with E-state index in [1.54, 1.807) is 25.2 Å². The van der Waals surface area contributed by atoms with E-state index in [1.807, 2.05) is 32.1 Å². The fourth-order valence-corrected chi connectivity index (χ4v) is 8.28. The summed E-state index contributed by atoms with van der Waals surface area (Å²) >= 11 is 0. The highest BCUT2D eigenvalue weighted by Crippen LogP contribution is 2.47. The molecule has 0 radical (unpaired) electrons. The summed E-state index contributed by atoms with van der Waals surface area (Å²) in [4.78, 5) is 14.0. The molecule has 11 atom stereocenters. The van der Waals surface area contributed by atoms with E-state index < -0.39 is 47.7 Å². The average molecular weight is 611 g/mol. The Balaban J connectivity index is 1.36. The van der Waals surface area contributed by atoms with Crippen LogP contribution in [0.15, 0.2) is 59.3 Å². The molecule has 0 aromatic heterocycles. The third-order valence-corrected chi connectivity index (χ3v) is 11.0. The van der Waals surface area contributed by atoms with Crippen LogP contribution in [-0.4, -0.2) is 75.9 Å². The van der Waals surface area contributed by atoms with Crippen LogP contribution in [0.3, 0.4) is 0 Å². The number of hydrogen-bond donors (Lipinski definition) is 3. The fourth-order valence-electron chi connectivity index (χ4n) is 8.28. The van der Waals surface area contributed by atoms with Gasteiger partial charge in [0, 0.05) is 24.7 Å². The smallest absolute Gasteiger partial charge is 0.316 e. The molecule has 8 nitrogen and oxygen atoms in total. The molecular weight excluding hydrogens is 560 g/mol. The van der Waals surface area contributed by atoms with Gasteiger partial charge in [0.25, 0.3) is 0 Å². The van der Waals surface area contributed by atoms with Crippen LogP contribution < -0.4 is 0 Å². The summed E-state index contributed by atoms with van der Waals surface area (Å²) in [6.07, 6.45) is 17.0. The summed E-state index contributed by atoms with van der Waals surface area (Å²) in [5, 5.41) is 34.2. The molecule has 44 heavy (non-hydrogen) atoms. The Morgan fingerprint density at radius 3 is 2.48 bits per heavy atom. The molecule has 0 aromatic rings. The van der Waals surface area contributed by atoms with E-state index in [1.165, 1.54) is 19.3 Å². The maximum Gasteiger partial charge on any atom is 0.316 e. The first-order valence-corrected chi connectivity index (χ1v) is 16.7. The number of carbonyl (C=O) groups excluding carboxylic acids is 1. The Bertz CT molecular complexity index is 1240. The number of esters is 1. The Hall–Kier alpha value is -2.07. The van der Waals surface area contributed by atoms with E-state index in [0.29, 0.717) is 36.3 Å². The quantitative estimate of drug-likeness (QED) is 0.286. The lowest BCUT2D eigenvalue weighted by molar-refractivity contribution is -0.301. The lowest BCUT2D eigenvalue weighted by Crippen LogP contribution is -2.58. The van der Waals surface area contributed by atoms with Crippen LogP contribution in [0.2, 0.25) is 0 Å². The largest absolute Gasteiger partial charge is 0.462 e. The van der Waals surface area contributed by atoms with Crippen molar-refractivity contribution < 1.29 is 39.1 Å². The second kappa shape index (κ2) is 12.6. The molecule has 4 aliphatic heterocycles. The Kier molecular flexibility index (Phi) is 9.14. The molecule has 8 heteroatoms. The third kappa shape index (κ3) is 5.94. The summed E-state index contributed by atoms with van der Waals surface area (Å²) < 4.78 is 25.8. The van der Waals surface area contributed by atoms with Gasteiger partial charge in [-0.25, -0.2) is 0 Å². The predicted octanol–water partition coefficient (Wildman–Crippen LogP) is 4.84. The maximum atomic E-state index is 14.0. The molecular formula is C36H50O8. The highest BCUT2D eigenvalue weighted by molar-refractivity contribution is 5.78. The highest BCUT2D eigenvalue weighted by Gasteiger charge is 2.60. The van der Waals surface area contributed by atoms with Gasteiger partial charge in [-0.15, -0.1) is 0 Å². The minimum atomic E-state index is -1.76. The van der Waals surface area contributed by atoms with Crippen LogP contribution in [-0.2, 0) is 23.7 Å². The van der Waals surface area contributed by atoms with E-state index in [-0.39, 0.29) is 30.7 Å². The maximum absolute atomic E-state index is 14.0. The van der Waals surface area contributed by atoms with Crippen molar-refractivity contribution in [3.05, 3.63) is 59.3 Å². The number of aliphatic hydroxyl groups excluding tert-OH is 2. The van der Waals surface area contributed by atoms with Crippen LogP contribution in [0.1, 0.15) is 79.1 Å². The molecule has 0 aromatic carbocycles. The topological polar surface area (TPSA) is 115 Å². The van der Waals surface area contributed by atoms with Crippen LogP contribution >= 0.6 is 0 Å². The monoisotopic (exact) mass is 610 g/mol. The summed E-state index contributed by atoms with van der Waals surface area (Å²) in [6.45, 7) is 7.88. The zero-order valence-electron chi connectivity index (χ0n) is 26.6. The molecule has 4 heterocycles. The first kappa shape index (κ1) is 31.9. The van der Waals surface area contributed by atoms with Gasteiger partial charge in [-0.2, -0.15) is 0 Å². The van der Waals surface area contributed by atoms with Gasteiger partial charge in [0.05, 0.1) is 24.9 Å². The molecule has 6 rings (SSSR count). The molecule has 1 spiro atoms. The molecule has 1 saturated carbocycles. The lowest BCUT2D eigenvalue weighted by Gasteiger charge is -2.49. The molecule has 0 amide bonds. The SMILES string of the molecule is CC1=C[C@H]2C(=O)O[C@H]3C[C@@H](C/C=C(\C)[C@@H](O)[C@@H](C)/C=C/C=C4\CO[C@H]([C@@H]1O)[C@@]42O)O[C@@]1(C=C[C@H](C)[C@@H](C2CCCCC2)O1)C3. The Labute approximate surface area is 261 Å². The van der Waals surface area contributed by atoms with Crippen molar-refractivity contribution >= 4 is 5.97 Å². The van der Waals surface area contributed by atoms with Crippen LogP contribution in [0.25, 0.3) is 0 Å². The van der Waals surface area contributed by atoms with E-state index in [9.17, 15) is 20.1 Å². The summed E-state index contributed by atoms with van der Waals surface area (Å²) in [5.41, 5.74) is 0.134. The van der Waals surface area contributed by atoms with Crippen LogP contribution in [0, 0.1) is 23.7 Å². The zero-order chi connectivity index (χ0) is 31.2. The summed E-state index contributed by atoms with van der Waals surface area (Å²) in [5.74, 6) is -2.11. The van der Waals surface area contributed by atoms with E-state index in [2.05, 4.69) is 13.0 Å². The molecule has 242 valence electrons.